The molecule has 1 unspecified atom stereocenters. The maximum atomic E-state index is 13.6. The molecule has 1 aliphatic heterocycles. The highest BCUT2D eigenvalue weighted by Gasteiger charge is 2.42. The van der Waals surface area contributed by atoms with Crippen LogP contribution >= 0.6 is 34.2 Å². The molecule has 10 nitrogen and oxygen atoms in total. The van der Waals surface area contributed by atoms with Crippen LogP contribution in [-0.2, 0) is 13.1 Å². The van der Waals surface area contributed by atoms with Crippen LogP contribution in [0.4, 0.5) is 10.5 Å². The topological polar surface area (TPSA) is 129 Å². The molecule has 1 aromatic heterocycles. The first-order chi connectivity index (χ1) is 17.9. The molecule has 1 atom stereocenters. The summed E-state index contributed by atoms with van der Waals surface area (Å²) in [5.41, 5.74) is 2.69. The molecule has 1 aliphatic rings. The van der Waals surface area contributed by atoms with E-state index in [2.05, 4.69) is 20.8 Å². The van der Waals surface area contributed by atoms with E-state index in [9.17, 15) is 9.59 Å². The van der Waals surface area contributed by atoms with E-state index >= 15 is 0 Å². The minimum Gasteiger partial charge on any atom is -0.491 e. The zero-order valence-electron chi connectivity index (χ0n) is 19.9. The number of carbonyl (C=O) groups excluding carboxylic acids is 2. The van der Waals surface area contributed by atoms with Gasteiger partial charge in [-0.2, -0.15) is 5.10 Å². The summed E-state index contributed by atoms with van der Waals surface area (Å²) in [4.78, 5) is 28.6. The van der Waals surface area contributed by atoms with Crippen LogP contribution < -0.4 is 15.4 Å². The Morgan fingerprint density at radius 1 is 1.19 bits per heavy atom. The van der Waals surface area contributed by atoms with Crippen LogP contribution in [0.5, 0.6) is 5.75 Å². The average Bonchev–Trinajstić information content (AvgIpc) is 3.45. The first-order valence-electron chi connectivity index (χ1n) is 11.7. The van der Waals surface area contributed by atoms with Crippen molar-refractivity contribution in [2.75, 3.05) is 44.8 Å². The molecule has 4 rings (SSSR count). The summed E-state index contributed by atoms with van der Waals surface area (Å²) in [6, 6.07) is 11.5. The number of rotatable bonds is 9. The third kappa shape index (κ3) is 6.72. The van der Waals surface area contributed by atoms with Gasteiger partial charge in [0.2, 0.25) is 0 Å². The van der Waals surface area contributed by atoms with E-state index < -0.39 is 9.58 Å². The second-order valence-electron chi connectivity index (χ2n) is 8.27. The Balaban J connectivity index is 1.59. The number of aliphatic hydroxyl groups is 1. The van der Waals surface area contributed by atoms with Crippen molar-refractivity contribution in [3.05, 3.63) is 65.4 Å². The highest BCUT2D eigenvalue weighted by molar-refractivity contribution is 14.1. The lowest BCUT2D eigenvalue weighted by atomic mass is 10.1. The number of hydrogen-bond acceptors (Lipinski definition) is 6. The summed E-state index contributed by atoms with van der Waals surface area (Å²) in [6.07, 6.45) is 3.87. The summed E-state index contributed by atoms with van der Waals surface area (Å²) in [7, 11) is 0. The third-order valence-corrected chi connectivity index (χ3v) is 7.35. The van der Waals surface area contributed by atoms with Crippen LogP contribution in [0.2, 0.25) is 5.02 Å². The van der Waals surface area contributed by atoms with E-state index in [4.69, 9.17) is 26.2 Å². The lowest BCUT2D eigenvalue weighted by Gasteiger charge is -2.36. The predicted octanol–water partition coefficient (Wildman–Crippen LogP) is 3.76. The Morgan fingerprint density at radius 2 is 1.95 bits per heavy atom. The molecule has 0 aliphatic carbocycles. The lowest BCUT2D eigenvalue weighted by molar-refractivity contribution is -0.138. The predicted molar refractivity (Wildman–Crippen MR) is 148 cm³/mol. The van der Waals surface area contributed by atoms with Crippen molar-refractivity contribution < 1.29 is 24.2 Å². The number of urea groups is 1. The second-order valence-corrected chi connectivity index (χ2v) is 10.3. The van der Waals surface area contributed by atoms with Gasteiger partial charge < -0.3 is 30.1 Å². The summed E-state index contributed by atoms with van der Waals surface area (Å²) >= 11 is 8.04. The van der Waals surface area contributed by atoms with E-state index in [0.29, 0.717) is 54.7 Å². The minimum atomic E-state index is -1.39. The zero-order chi connectivity index (χ0) is 26.3. The number of carbonyl (C=O) groups is 2. The number of aromatic nitrogens is 2. The molecule has 0 bridgehead atoms. The number of halogens is 2. The number of aromatic amines is 1. The maximum Gasteiger partial charge on any atom is 0.321 e. The summed E-state index contributed by atoms with van der Waals surface area (Å²) < 4.78 is 9.84. The van der Waals surface area contributed by atoms with E-state index in [1.165, 1.54) is 0 Å². The summed E-state index contributed by atoms with van der Waals surface area (Å²) in [6.45, 7) is 1.97. The van der Waals surface area contributed by atoms with Gasteiger partial charge in [-0.15, -0.1) is 0 Å². The molecule has 4 N–H and O–H groups in total. The van der Waals surface area contributed by atoms with Gasteiger partial charge in [0, 0.05) is 42.9 Å². The highest BCUT2D eigenvalue weighted by atomic mass is 127. The SMILES string of the molecule is O=C(Nc1ccc(-c2cn[nH]c2)cc1OCCCO)NC(I)(C(=O)N1CCOCC1)c1ccc(Cl)cc1. The summed E-state index contributed by atoms with van der Waals surface area (Å²) in [5, 5.41) is 22.1. The molecule has 2 aromatic carbocycles. The Labute approximate surface area is 232 Å². The van der Waals surface area contributed by atoms with Crippen molar-refractivity contribution in [3.63, 3.8) is 0 Å². The number of aliphatic hydroxyl groups excluding tert-OH is 1. The van der Waals surface area contributed by atoms with Crippen LogP contribution in [-0.4, -0.2) is 71.7 Å². The fourth-order valence-electron chi connectivity index (χ4n) is 3.80. The molecule has 1 saturated heterocycles. The number of nitrogens with one attached hydrogen (secondary N) is 3. The molecule has 3 aromatic rings. The first kappa shape index (κ1) is 27.2. The largest absolute Gasteiger partial charge is 0.491 e. The minimum absolute atomic E-state index is 0.0211. The first-order valence-corrected chi connectivity index (χ1v) is 13.1. The molecule has 2 heterocycles. The number of amides is 3. The van der Waals surface area contributed by atoms with Crippen LogP contribution in [0.3, 0.4) is 0 Å². The third-order valence-electron chi connectivity index (χ3n) is 5.74. The fourth-order valence-corrected chi connectivity index (χ4v) is 4.87. The van der Waals surface area contributed by atoms with Gasteiger partial charge in [0.05, 0.1) is 31.7 Å². The van der Waals surface area contributed by atoms with Gasteiger partial charge in [0.25, 0.3) is 5.91 Å². The number of morpholine rings is 1. The molecule has 0 saturated carbocycles. The molecular weight excluding hydrogens is 613 g/mol. The van der Waals surface area contributed by atoms with Gasteiger partial charge in [0.1, 0.15) is 5.75 Å². The number of alkyl halides is 1. The molecule has 0 spiro atoms. The lowest BCUT2D eigenvalue weighted by Crippen LogP contribution is -2.56. The smallest absolute Gasteiger partial charge is 0.321 e. The van der Waals surface area contributed by atoms with Crippen LogP contribution in [0, 0.1) is 0 Å². The zero-order valence-corrected chi connectivity index (χ0v) is 22.8. The summed E-state index contributed by atoms with van der Waals surface area (Å²) in [5.74, 6) is 0.163. The van der Waals surface area contributed by atoms with Crippen LogP contribution in [0.1, 0.15) is 12.0 Å². The molecule has 196 valence electrons. The van der Waals surface area contributed by atoms with E-state index in [0.717, 1.165) is 11.1 Å². The van der Waals surface area contributed by atoms with Crippen molar-refractivity contribution in [3.8, 4) is 16.9 Å². The number of H-pyrrole nitrogens is 1. The Bertz CT molecular complexity index is 1200. The fraction of sp³-hybridized carbons (Fsp3) is 0.320. The molecule has 0 radical (unpaired) electrons. The number of ether oxygens (including phenoxy) is 2. The Kier molecular flexibility index (Phi) is 9.24. The Morgan fingerprint density at radius 3 is 2.62 bits per heavy atom. The van der Waals surface area contributed by atoms with Crippen molar-refractivity contribution in [2.45, 2.75) is 9.97 Å². The highest BCUT2D eigenvalue weighted by Crippen LogP contribution is 2.34. The molecule has 3 amide bonds. The molecule has 12 heteroatoms. The van der Waals surface area contributed by atoms with Crippen molar-refractivity contribution >= 4 is 51.8 Å². The number of hydrogen-bond donors (Lipinski definition) is 4. The van der Waals surface area contributed by atoms with Gasteiger partial charge in [-0.1, -0.05) is 29.8 Å². The standard InChI is InChI=1S/C25H27ClIN5O5/c26-20-5-3-19(4-6-20)25(27,23(34)32-8-12-36-13-9-32)31-24(35)30-21-7-2-17(18-15-28-29-16-18)14-22(21)37-11-1-10-33/h2-7,14-16,33H,1,8-13H2,(H,28,29)(H2,30,31,35). The molecule has 37 heavy (non-hydrogen) atoms. The van der Waals surface area contributed by atoms with Crippen molar-refractivity contribution in [1.82, 2.24) is 20.4 Å². The number of anilines is 1. The van der Waals surface area contributed by atoms with Crippen LogP contribution in [0.15, 0.2) is 54.9 Å². The quantitative estimate of drug-likeness (QED) is 0.122. The van der Waals surface area contributed by atoms with Gasteiger partial charge in [0.15, 0.2) is 3.55 Å². The Hall–Kier alpha value is -2.87. The molecular formula is C25H27ClIN5O5. The van der Waals surface area contributed by atoms with Crippen molar-refractivity contribution in [1.29, 1.82) is 0 Å². The van der Waals surface area contributed by atoms with Gasteiger partial charge in [-0.3, -0.25) is 9.89 Å². The average molecular weight is 640 g/mol. The number of benzene rings is 2. The number of nitrogens with zero attached hydrogens (tertiary/aromatic N) is 2. The van der Waals surface area contributed by atoms with E-state index in [1.807, 2.05) is 28.7 Å². The monoisotopic (exact) mass is 639 g/mol. The maximum absolute atomic E-state index is 13.6. The van der Waals surface area contributed by atoms with Crippen molar-refractivity contribution in [2.24, 2.45) is 0 Å². The molecule has 1 fully saturated rings. The van der Waals surface area contributed by atoms with Crippen LogP contribution in [0.25, 0.3) is 11.1 Å². The second kappa shape index (κ2) is 12.6. The van der Waals surface area contributed by atoms with Gasteiger partial charge in [-0.05, 0) is 58.0 Å². The van der Waals surface area contributed by atoms with Gasteiger partial charge >= 0.3 is 6.03 Å². The van der Waals surface area contributed by atoms with Gasteiger partial charge in [-0.25, -0.2) is 4.79 Å². The van der Waals surface area contributed by atoms with E-state index in [1.54, 1.807) is 53.7 Å². The normalized spacial score (nSPS) is 15.1. The van der Waals surface area contributed by atoms with E-state index in [-0.39, 0.29) is 19.1 Å².